The van der Waals surface area contributed by atoms with Crippen molar-refractivity contribution in [1.82, 2.24) is 0 Å². The third-order valence-corrected chi connectivity index (χ3v) is 1.00. The summed E-state index contributed by atoms with van der Waals surface area (Å²) in [7, 11) is 1.55. The predicted molar refractivity (Wildman–Crippen MR) is 44.2 cm³/mol. The molecule has 0 aromatic heterocycles. The molecule has 0 aliphatic carbocycles. The molecule has 0 bridgehead atoms. The maximum atomic E-state index is 7.94. The Morgan fingerprint density at radius 3 is 1.70 bits per heavy atom. The molecular weight excluding hydrogens is 128 g/mol. The summed E-state index contributed by atoms with van der Waals surface area (Å²) in [6.45, 7) is 4.99. The van der Waals surface area contributed by atoms with Crippen LogP contribution in [-0.4, -0.2) is 25.4 Å². The third-order valence-electron chi connectivity index (χ3n) is 1.00. The number of methoxy groups -OCH3 is 1. The van der Waals surface area contributed by atoms with E-state index in [4.69, 9.17) is 5.11 Å². The Balaban J connectivity index is 0. The molecule has 0 aromatic rings. The second-order valence-corrected chi connectivity index (χ2v) is 2.07. The number of aliphatic hydroxyl groups is 1. The molecule has 0 saturated carbocycles. The highest BCUT2D eigenvalue weighted by molar-refractivity contribution is 4.24. The van der Waals surface area contributed by atoms with Crippen LogP contribution in [0.15, 0.2) is 0 Å². The summed E-state index contributed by atoms with van der Waals surface area (Å²) in [5, 5.41) is 7.94. The molecule has 1 N–H and O–H groups in total. The van der Waals surface area contributed by atoms with Gasteiger partial charge in [0, 0.05) is 7.11 Å². The van der Waals surface area contributed by atoms with Crippen molar-refractivity contribution in [3.63, 3.8) is 0 Å². The van der Waals surface area contributed by atoms with E-state index in [0.29, 0.717) is 6.61 Å². The molecule has 0 radical (unpaired) electrons. The van der Waals surface area contributed by atoms with Crippen LogP contribution in [0.4, 0.5) is 0 Å². The molecule has 0 aromatic carbocycles. The van der Waals surface area contributed by atoms with Gasteiger partial charge in [-0.05, 0) is 0 Å². The Labute approximate surface area is 64.2 Å². The van der Waals surface area contributed by atoms with E-state index in [1.165, 1.54) is 19.3 Å². The lowest BCUT2D eigenvalue weighted by Gasteiger charge is -1.84. The van der Waals surface area contributed by atoms with E-state index in [-0.39, 0.29) is 6.61 Å². The zero-order chi connectivity index (χ0) is 8.24. The van der Waals surface area contributed by atoms with Crippen LogP contribution in [0.1, 0.15) is 33.1 Å². The first-order valence-electron chi connectivity index (χ1n) is 3.93. The molecule has 0 heterocycles. The van der Waals surface area contributed by atoms with Gasteiger partial charge in [0.1, 0.15) is 0 Å². The Hall–Kier alpha value is -0.0800. The second kappa shape index (κ2) is 16.0. The van der Waals surface area contributed by atoms with E-state index in [1.807, 2.05) is 0 Å². The van der Waals surface area contributed by atoms with E-state index in [0.717, 1.165) is 0 Å². The van der Waals surface area contributed by atoms with Crippen LogP contribution in [-0.2, 0) is 4.74 Å². The van der Waals surface area contributed by atoms with Crippen molar-refractivity contribution < 1.29 is 9.84 Å². The monoisotopic (exact) mass is 148 g/mol. The summed E-state index contributed by atoms with van der Waals surface area (Å²) < 4.78 is 4.44. The van der Waals surface area contributed by atoms with Crippen LogP contribution in [0, 0.1) is 0 Å². The van der Waals surface area contributed by atoms with Gasteiger partial charge in [-0.2, -0.15) is 0 Å². The van der Waals surface area contributed by atoms with Crippen LogP contribution in [0.3, 0.4) is 0 Å². The fourth-order valence-corrected chi connectivity index (χ4v) is 0.445. The minimum absolute atomic E-state index is 0.122. The Kier molecular flexibility index (Phi) is 20.1. The van der Waals surface area contributed by atoms with E-state index in [1.54, 1.807) is 7.11 Å². The van der Waals surface area contributed by atoms with Crippen molar-refractivity contribution in [3.8, 4) is 0 Å². The number of hydrogen-bond donors (Lipinski definition) is 1. The van der Waals surface area contributed by atoms with Crippen LogP contribution in [0.5, 0.6) is 0 Å². The normalized spacial score (nSPS) is 8.40. The molecular formula is C8H20O2. The molecule has 0 fully saturated rings. The van der Waals surface area contributed by atoms with Gasteiger partial charge < -0.3 is 9.84 Å². The first-order valence-corrected chi connectivity index (χ1v) is 3.93. The minimum atomic E-state index is 0.122. The minimum Gasteiger partial charge on any atom is -0.394 e. The molecule has 2 nitrogen and oxygen atoms in total. The summed E-state index contributed by atoms with van der Waals surface area (Å²) in [4.78, 5) is 0. The van der Waals surface area contributed by atoms with Gasteiger partial charge in [0.2, 0.25) is 0 Å². The number of unbranched alkanes of at least 4 members (excludes halogenated alkanes) is 2. The molecule has 64 valence electrons. The van der Waals surface area contributed by atoms with Crippen LogP contribution >= 0.6 is 0 Å². The van der Waals surface area contributed by atoms with Gasteiger partial charge in [-0.1, -0.05) is 33.1 Å². The van der Waals surface area contributed by atoms with Crippen molar-refractivity contribution >= 4 is 0 Å². The smallest absolute Gasteiger partial charge is 0.0693 e. The Bertz CT molecular complexity index is 28.2. The fourth-order valence-electron chi connectivity index (χ4n) is 0.445. The van der Waals surface area contributed by atoms with E-state index in [2.05, 4.69) is 18.6 Å². The van der Waals surface area contributed by atoms with Gasteiger partial charge in [0.25, 0.3) is 0 Å². The molecule has 0 aliphatic rings. The van der Waals surface area contributed by atoms with Gasteiger partial charge >= 0.3 is 0 Å². The summed E-state index contributed by atoms with van der Waals surface area (Å²) in [6, 6.07) is 0. The molecule has 0 saturated heterocycles. The standard InChI is InChI=1S/C5H12.C3H8O2/c1-3-5-4-2;1-5-3-2-4/h3-5H2,1-2H3;4H,2-3H2,1H3. The van der Waals surface area contributed by atoms with E-state index in [9.17, 15) is 0 Å². The van der Waals surface area contributed by atoms with Crippen molar-refractivity contribution in [3.05, 3.63) is 0 Å². The Morgan fingerprint density at radius 1 is 1.20 bits per heavy atom. The first-order chi connectivity index (χ1) is 4.83. The number of ether oxygens (including phenoxy) is 1. The lowest BCUT2D eigenvalue weighted by Crippen LogP contribution is -1.91. The molecule has 0 aliphatic heterocycles. The van der Waals surface area contributed by atoms with Crippen LogP contribution in [0.2, 0.25) is 0 Å². The zero-order valence-electron chi connectivity index (χ0n) is 7.39. The molecule has 0 atom stereocenters. The Morgan fingerprint density at radius 2 is 1.70 bits per heavy atom. The first kappa shape index (κ1) is 12.6. The third kappa shape index (κ3) is 24.7. The topological polar surface area (TPSA) is 29.5 Å². The van der Waals surface area contributed by atoms with Gasteiger partial charge in [0.15, 0.2) is 0 Å². The average Bonchev–Trinajstić information content (AvgIpc) is 1.93. The van der Waals surface area contributed by atoms with Crippen molar-refractivity contribution in [2.45, 2.75) is 33.1 Å². The fraction of sp³-hybridized carbons (Fsp3) is 1.00. The van der Waals surface area contributed by atoms with Gasteiger partial charge in [-0.25, -0.2) is 0 Å². The maximum Gasteiger partial charge on any atom is 0.0693 e. The van der Waals surface area contributed by atoms with Gasteiger partial charge in [-0.3, -0.25) is 0 Å². The lowest BCUT2D eigenvalue weighted by molar-refractivity contribution is 0.135. The highest BCUT2D eigenvalue weighted by atomic mass is 16.5. The molecule has 2 heteroatoms. The number of aliphatic hydroxyl groups excluding tert-OH is 1. The van der Waals surface area contributed by atoms with Crippen molar-refractivity contribution in [1.29, 1.82) is 0 Å². The molecule has 10 heavy (non-hydrogen) atoms. The summed E-state index contributed by atoms with van der Waals surface area (Å²) in [5.74, 6) is 0. The second-order valence-electron chi connectivity index (χ2n) is 2.07. The highest BCUT2D eigenvalue weighted by Crippen LogP contribution is 1.88. The van der Waals surface area contributed by atoms with Gasteiger partial charge in [0.05, 0.1) is 13.2 Å². The maximum absolute atomic E-state index is 7.94. The largest absolute Gasteiger partial charge is 0.394 e. The molecule has 0 spiro atoms. The SMILES string of the molecule is CCCCC.COCCO. The zero-order valence-corrected chi connectivity index (χ0v) is 7.39. The number of hydrogen-bond acceptors (Lipinski definition) is 2. The number of rotatable bonds is 4. The molecule has 0 rings (SSSR count). The van der Waals surface area contributed by atoms with E-state index >= 15 is 0 Å². The summed E-state index contributed by atoms with van der Waals surface area (Å²) >= 11 is 0. The van der Waals surface area contributed by atoms with E-state index < -0.39 is 0 Å². The predicted octanol–water partition coefficient (Wildman–Crippen LogP) is 1.82. The molecule has 0 amide bonds. The van der Waals surface area contributed by atoms with Crippen LogP contribution in [0.25, 0.3) is 0 Å². The highest BCUT2D eigenvalue weighted by Gasteiger charge is 1.68. The van der Waals surface area contributed by atoms with Gasteiger partial charge in [-0.15, -0.1) is 0 Å². The van der Waals surface area contributed by atoms with Crippen molar-refractivity contribution in [2.75, 3.05) is 20.3 Å². The molecule has 0 unspecified atom stereocenters. The average molecular weight is 148 g/mol. The van der Waals surface area contributed by atoms with Crippen molar-refractivity contribution in [2.24, 2.45) is 0 Å². The van der Waals surface area contributed by atoms with Crippen LogP contribution < -0.4 is 0 Å². The summed E-state index contributed by atoms with van der Waals surface area (Å²) in [6.07, 6.45) is 4.08. The quantitative estimate of drug-likeness (QED) is 0.659. The lowest BCUT2D eigenvalue weighted by atomic mass is 10.3. The summed E-state index contributed by atoms with van der Waals surface area (Å²) in [5.41, 5.74) is 0.